The zero-order valence-corrected chi connectivity index (χ0v) is 11.0. The normalized spacial score (nSPS) is 15.2. The molecular weight excluding hydrogens is 244 g/mol. The Bertz CT molecular complexity index is 441. The van der Waals surface area contributed by atoms with E-state index >= 15 is 0 Å². The maximum absolute atomic E-state index is 11.8. The lowest BCUT2D eigenvalue weighted by molar-refractivity contribution is -0.132. The van der Waals surface area contributed by atoms with Crippen molar-refractivity contribution in [3.8, 4) is 0 Å². The van der Waals surface area contributed by atoms with Crippen LogP contribution in [0.1, 0.15) is 6.92 Å². The number of carbonyl (C=O) groups is 2. The molecule has 2 heterocycles. The number of nitrogens with zero attached hydrogens (tertiary/aromatic N) is 3. The molecule has 1 aromatic rings. The second-order valence-corrected chi connectivity index (χ2v) is 4.48. The number of hydrogen-bond donors (Lipinski definition) is 1. The van der Waals surface area contributed by atoms with E-state index in [1.165, 1.54) is 6.92 Å². The van der Waals surface area contributed by atoms with E-state index < -0.39 is 0 Å². The summed E-state index contributed by atoms with van der Waals surface area (Å²) in [5, 5.41) is 2.53. The van der Waals surface area contributed by atoms with Crippen molar-refractivity contribution in [2.24, 2.45) is 0 Å². The van der Waals surface area contributed by atoms with Gasteiger partial charge in [0.1, 0.15) is 0 Å². The Morgan fingerprint density at radius 2 is 1.84 bits per heavy atom. The first-order valence-electron chi connectivity index (χ1n) is 6.34. The minimum Gasteiger partial charge on any atom is -0.368 e. The average Bonchev–Trinajstić information content (AvgIpc) is 2.46. The quantitative estimate of drug-likeness (QED) is 0.824. The highest BCUT2D eigenvalue weighted by Gasteiger charge is 2.20. The van der Waals surface area contributed by atoms with Gasteiger partial charge in [-0.2, -0.15) is 0 Å². The summed E-state index contributed by atoms with van der Waals surface area (Å²) in [5.41, 5.74) is 1.13. The van der Waals surface area contributed by atoms with Gasteiger partial charge in [0.15, 0.2) is 0 Å². The second kappa shape index (κ2) is 6.17. The summed E-state index contributed by atoms with van der Waals surface area (Å²) in [6.07, 6.45) is 3.54. The molecule has 1 fully saturated rings. The standard InChI is InChI=1S/C13H18N4O2/c1-11(18)15-10-13(19)17-8-6-16(7-9-17)12-2-4-14-5-3-12/h2-5H,6-10H2,1H3,(H,15,18). The third-order valence-electron chi connectivity index (χ3n) is 3.15. The molecule has 1 N–H and O–H groups in total. The summed E-state index contributed by atoms with van der Waals surface area (Å²) < 4.78 is 0. The van der Waals surface area contributed by atoms with Crippen LogP contribution in [0.15, 0.2) is 24.5 Å². The van der Waals surface area contributed by atoms with Crippen LogP contribution >= 0.6 is 0 Å². The van der Waals surface area contributed by atoms with Crippen LogP contribution in [-0.2, 0) is 9.59 Å². The van der Waals surface area contributed by atoms with E-state index in [-0.39, 0.29) is 18.4 Å². The van der Waals surface area contributed by atoms with Gasteiger partial charge < -0.3 is 15.1 Å². The molecule has 19 heavy (non-hydrogen) atoms. The summed E-state index contributed by atoms with van der Waals surface area (Å²) in [6, 6.07) is 3.93. The van der Waals surface area contributed by atoms with E-state index in [1.54, 1.807) is 17.3 Å². The van der Waals surface area contributed by atoms with E-state index in [1.807, 2.05) is 12.1 Å². The highest BCUT2D eigenvalue weighted by molar-refractivity contribution is 5.83. The average molecular weight is 262 g/mol. The maximum Gasteiger partial charge on any atom is 0.242 e. The van der Waals surface area contributed by atoms with Crippen molar-refractivity contribution < 1.29 is 9.59 Å². The Morgan fingerprint density at radius 3 is 2.42 bits per heavy atom. The van der Waals surface area contributed by atoms with E-state index in [9.17, 15) is 9.59 Å². The van der Waals surface area contributed by atoms with E-state index in [0.29, 0.717) is 13.1 Å². The molecule has 0 spiro atoms. The summed E-state index contributed by atoms with van der Waals surface area (Å²) in [7, 11) is 0. The number of aromatic nitrogens is 1. The number of nitrogens with one attached hydrogen (secondary N) is 1. The third-order valence-corrected chi connectivity index (χ3v) is 3.15. The molecule has 0 atom stereocenters. The number of hydrogen-bond acceptors (Lipinski definition) is 4. The van der Waals surface area contributed by atoms with Crippen LogP contribution < -0.4 is 10.2 Å². The van der Waals surface area contributed by atoms with Crippen molar-refractivity contribution in [2.75, 3.05) is 37.6 Å². The SMILES string of the molecule is CC(=O)NCC(=O)N1CCN(c2ccncc2)CC1. The van der Waals surface area contributed by atoms with Gasteiger partial charge in [-0.05, 0) is 12.1 Å². The smallest absolute Gasteiger partial charge is 0.242 e. The van der Waals surface area contributed by atoms with Crippen LogP contribution in [0, 0.1) is 0 Å². The Balaban J connectivity index is 1.82. The van der Waals surface area contributed by atoms with Crippen LogP contribution in [0.25, 0.3) is 0 Å². The van der Waals surface area contributed by atoms with Gasteiger partial charge in [0.05, 0.1) is 6.54 Å². The fourth-order valence-corrected chi connectivity index (χ4v) is 2.08. The monoisotopic (exact) mass is 262 g/mol. The van der Waals surface area contributed by atoms with Crippen molar-refractivity contribution in [1.82, 2.24) is 15.2 Å². The molecule has 0 radical (unpaired) electrons. The molecule has 0 unspecified atom stereocenters. The molecule has 0 aromatic carbocycles. The molecule has 1 saturated heterocycles. The van der Waals surface area contributed by atoms with Gasteiger partial charge >= 0.3 is 0 Å². The Kier molecular flexibility index (Phi) is 4.33. The van der Waals surface area contributed by atoms with Crippen LogP contribution in [0.4, 0.5) is 5.69 Å². The predicted molar refractivity (Wildman–Crippen MR) is 71.7 cm³/mol. The maximum atomic E-state index is 11.8. The number of amides is 2. The molecule has 1 aliphatic rings. The van der Waals surface area contributed by atoms with Gasteiger partial charge in [0, 0.05) is 51.2 Å². The minimum atomic E-state index is -0.177. The lowest BCUT2D eigenvalue weighted by Crippen LogP contribution is -2.51. The Morgan fingerprint density at radius 1 is 1.21 bits per heavy atom. The van der Waals surface area contributed by atoms with Gasteiger partial charge in [-0.15, -0.1) is 0 Å². The summed E-state index contributed by atoms with van der Waals surface area (Å²) in [5.74, 6) is -0.201. The molecule has 1 aromatic heterocycles. The Labute approximate surface area is 112 Å². The van der Waals surface area contributed by atoms with Gasteiger partial charge in [-0.3, -0.25) is 14.6 Å². The highest BCUT2D eigenvalue weighted by atomic mass is 16.2. The first-order valence-corrected chi connectivity index (χ1v) is 6.34. The Hall–Kier alpha value is -2.11. The topological polar surface area (TPSA) is 65.5 Å². The van der Waals surface area contributed by atoms with Gasteiger partial charge in [-0.25, -0.2) is 0 Å². The first kappa shape index (κ1) is 13.3. The molecular formula is C13H18N4O2. The van der Waals surface area contributed by atoms with E-state index in [0.717, 1.165) is 18.8 Å². The van der Waals surface area contributed by atoms with Crippen molar-refractivity contribution in [3.05, 3.63) is 24.5 Å². The molecule has 102 valence electrons. The highest BCUT2D eigenvalue weighted by Crippen LogP contribution is 2.14. The van der Waals surface area contributed by atoms with Crippen molar-refractivity contribution in [1.29, 1.82) is 0 Å². The minimum absolute atomic E-state index is 0.0235. The van der Waals surface area contributed by atoms with Crippen molar-refractivity contribution in [2.45, 2.75) is 6.92 Å². The van der Waals surface area contributed by atoms with Crippen LogP contribution in [0.5, 0.6) is 0 Å². The number of carbonyl (C=O) groups excluding carboxylic acids is 2. The number of piperazine rings is 1. The number of pyridine rings is 1. The predicted octanol–water partition coefficient (Wildman–Crippen LogP) is -0.134. The first-order chi connectivity index (χ1) is 9.16. The summed E-state index contributed by atoms with van der Waals surface area (Å²) in [4.78, 5) is 30.6. The van der Waals surface area contributed by atoms with Crippen LogP contribution in [0.2, 0.25) is 0 Å². The lowest BCUT2D eigenvalue weighted by Gasteiger charge is -2.36. The summed E-state index contributed by atoms with van der Waals surface area (Å²) in [6.45, 7) is 4.46. The van der Waals surface area contributed by atoms with Gasteiger partial charge in [0.2, 0.25) is 11.8 Å². The fraction of sp³-hybridized carbons (Fsp3) is 0.462. The molecule has 6 nitrogen and oxygen atoms in total. The molecule has 2 amide bonds. The molecule has 0 saturated carbocycles. The lowest BCUT2D eigenvalue weighted by atomic mass is 10.2. The van der Waals surface area contributed by atoms with Crippen LogP contribution in [0.3, 0.4) is 0 Å². The largest absolute Gasteiger partial charge is 0.368 e. The van der Waals surface area contributed by atoms with Gasteiger partial charge in [0.25, 0.3) is 0 Å². The zero-order valence-electron chi connectivity index (χ0n) is 11.0. The number of anilines is 1. The molecule has 0 aliphatic carbocycles. The molecule has 2 rings (SSSR count). The van der Waals surface area contributed by atoms with Gasteiger partial charge in [-0.1, -0.05) is 0 Å². The van der Waals surface area contributed by atoms with E-state index in [2.05, 4.69) is 15.2 Å². The van der Waals surface area contributed by atoms with E-state index in [4.69, 9.17) is 0 Å². The molecule has 0 bridgehead atoms. The molecule has 6 heteroatoms. The third kappa shape index (κ3) is 3.67. The van der Waals surface area contributed by atoms with Crippen molar-refractivity contribution >= 4 is 17.5 Å². The fourth-order valence-electron chi connectivity index (χ4n) is 2.08. The molecule has 1 aliphatic heterocycles. The number of rotatable bonds is 3. The van der Waals surface area contributed by atoms with Crippen molar-refractivity contribution in [3.63, 3.8) is 0 Å². The second-order valence-electron chi connectivity index (χ2n) is 4.48. The van der Waals surface area contributed by atoms with Crippen LogP contribution in [-0.4, -0.2) is 54.4 Å². The zero-order chi connectivity index (χ0) is 13.7. The summed E-state index contributed by atoms with van der Waals surface area (Å²) >= 11 is 0.